The van der Waals surface area contributed by atoms with Crippen molar-refractivity contribution in [1.29, 1.82) is 0 Å². The molecule has 0 bridgehead atoms. The number of hydrogen-bond acceptors (Lipinski definition) is 2. The van der Waals surface area contributed by atoms with E-state index in [9.17, 15) is 0 Å². The normalized spacial score (nSPS) is 15.3. The molecule has 5 heteroatoms. The van der Waals surface area contributed by atoms with E-state index in [4.69, 9.17) is 39.9 Å². The van der Waals surface area contributed by atoms with Crippen molar-refractivity contribution in [1.82, 2.24) is 0 Å². The molecule has 0 spiro atoms. The highest BCUT2D eigenvalue weighted by Gasteiger charge is 2.30. The summed E-state index contributed by atoms with van der Waals surface area (Å²) < 4.78 is -1.56. The van der Waals surface area contributed by atoms with Crippen LogP contribution >= 0.6 is 46.6 Å². The van der Waals surface area contributed by atoms with Crippen molar-refractivity contribution in [3.63, 3.8) is 0 Å². The van der Waals surface area contributed by atoms with E-state index >= 15 is 0 Å². The fourth-order valence-electron chi connectivity index (χ4n) is 0.324. The molecule has 1 unspecified atom stereocenters. The van der Waals surface area contributed by atoms with Gasteiger partial charge in [0.1, 0.15) is 5.44 Å². The largest absolute Gasteiger partial charge is 0.378 e. The maximum absolute atomic E-state index is 9.08. The molecule has 0 aromatic carbocycles. The first-order valence-electron chi connectivity index (χ1n) is 2.85. The van der Waals surface area contributed by atoms with Crippen LogP contribution in [-0.4, -0.2) is 20.1 Å². The fourth-order valence-corrected chi connectivity index (χ4v) is 1.54. The van der Waals surface area contributed by atoms with Gasteiger partial charge in [0, 0.05) is 0 Å². The Morgan fingerprint density at radius 1 is 1.50 bits per heavy atom. The van der Waals surface area contributed by atoms with E-state index in [1.54, 1.807) is 0 Å². The number of aliphatic hydroxyl groups is 1. The molecule has 10 heavy (non-hydrogen) atoms. The Morgan fingerprint density at radius 2 is 2.00 bits per heavy atom. The summed E-state index contributed by atoms with van der Waals surface area (Å²) in [5.41, 5.74) is -0.919. The van der Waals surface area contributed by atoms with Gasteiger partial charge in [0.2, 0.25) is 3.79 Å². The average molecular weight is 224 g/mol. The maximum Gasteiger partial charge on any atom is 0.225 e. The van der Waals surface area contributed by atoms with E-state index in [1.165, 1.54) is 11.8 Å². The van der Waals surface area contributed by atoms with Crippen molar-refractivity contribution < 1.29 is 5.11 Å². The zero-order chi connectivity index (χ0) is 8.20. The van der Waals surface area contributed by atoms with Gasteiger partial charge in [-0.15, -0.1) is 11.8 Å². The fraction of sp³-hybridized carbons (Fsp3) is 1.00. The summed E-state index contributed by atoms with van der Waals surface area (Å²) in [5.74, 6) is 0.801. The predicted molar refractivity (Wildman–Crippen MR) is 49.0 cm³/mol. The number of halogens is 3. The smallest absolute Gasteiger partial charge is 0.225 e. The molecule has 1 nitrogen and oxygen atoms in total. The zero-order valence-corrected chi connectivity index (χ0v) is 8.57. The van der Waals surface area contributed by atoms with E-state index in [2.05, 4.69) is 0 Å². The molecule has 0 radical (unpaired) electrons. The SMILES string of the molecule is CCCSC(O)C(Cl)(Cl)Cl. The molecule has 0 fully saturated rings. The summed E-state index contributed by atoms with van der Waals surface area (Å²) in [4.78, 5) is 0. The highest BCUT2D eigenvalue weighted by molar-refractivity contribution is 8.00. The minimum absolute atomic E-state index is 0.801. The molecule has 0 aliphatic carbocycles. The van der Waals surface area contributed by atoms with Gasteiger partial charge < -0.3 is 5.11 Å². The molecule has 0 saturated carbocycles. The summed E-state index contributed by atoms with van der Waals surface area (Å²) in [7, 11) is 0. The topological polar surface area (TPSA) is 20.2 Å². The van der Waals surface area contributed by atoms with Crippen molar-refractivity contribution >= 4 is 46.6 Å². The van der Waals surface area contributed by atoms with Crippen LogP contribution in [0.25, 0.3) is 0 Å². The first-order chi connectivity index (χ1) is 4.48. The second-order valence-corrected chi connectivity index (χ2v) is 5.32. The summed E-state index contributed by atoms with van der Waals surface area (Å²) in [6.45, 7) is 2.00. The van der Waals surface area contributed by atoms with E-state index in [1.807, 2.05) is 6.92 Å². The van der Waals surface area contributed by atoms with Crippen LogP contribution in [-0.2, 0) is 0 Å². The Balaban J connectivity index is 3.52. The Bertz CT molecular complexity index is 93.4. The Hall–Kier alpha value is 1.18. The third-order valence-corrected chi connectivity index (χ3v) is 3.08. The summed E-state index contributed by atoms with van der Waals surface area (Å²) in [6.07, 6.45) is 0.961. The molecule has 1 N–H and O–H groups in total. The van der Waals surface area contributed by atoms with E-state index in [0.29, 0.717) is 0 Å². The molecule has 0 aliphatic rings. The van der Waals surface area contributed by atoms with Crippen LogP contribution in [0.3, 0.4) is 0 Å². The highest BCUT2D eigenvalue weighted by atomic mass is 35.6. The molecule has 0 amide bonds. The van der Waals surface area contributed by atoms with E-state index in [0.717, 1.165) is 12.2 Å². The van der Waals surface area contributed by atoms with Crippen LogP contribution in [0.2, 0.25) is 0 Å². The molecule has 0 heterocycles. The first kappa shape index (κ1) is 11.2. The van der Waals surface area contributed by atoms with Crippen LogP contribution in [0.15, 0.2) is 0 Å². The van der Waals surface area contributed by atoms with Gasteiger partial charge in [0.15, 0.2) is 0 Å². The standard InChI is InChI=1S/C5H9Cl3OS/c1-2-3-10-4(9)5(6,7)8/h4,9H,2-3H2,1H3. The first-order valence-corrected chi connectivity index (χ1v) is 5.03. The molecule has 0 saturated heterocycles. The lowest BCUT2D eigenvalue weighted by molar-refractivity contribution is 0.268. The van der Waals surface area contributed by atoms with Crippen LogP contribution in [0.5, 0.6) is 0 Å². The van der Waals surface area contributed by atoms with Crippen molar-refractivity contribution in [3.05, 3.63) is 0 Å². The maximum atomic E-state index is 9.08. The number of rotatable bonds is 3. The van der Waals surface area contributed by atoms with Gasteiger partial charge in [0.05, 0.1) is 0 Å². The van der Waals surface area contributed by atoms with Crippen molar-refractivity contribution in [3.8, 4) is 0 Å². The van der Waals surface area contributed by atoms with Crippen LogP contribution in [0.4, 0.5) is 0 Å². The lowest BCUT2D eigenvalue weighted by Gasteiger charge is -2.17. The quantitative estimate of drug-likeness (QED) is 0.586. The van der Waals surface area contributed by atoms with Crippen LogP contribution in [0.1, 0.15) is 13.3 Å². The molecule has 1 atom stereocenters. The number of thioether (sulfide) groups is 1. The molecule has 0 aromatic heterocycles. The monoisotopic (exact) mass is 222 g/mol. The van der Waals surface area contributed by atoms with Gasteiger partial charge >= 0.3 is 0 Å². The van der Waals surface area contributed by atoms with E-state index in [-0.39, 0.29) is 0 Å². The molecule has 0 rings (SSSR count). The summed E-state index contributed by atoms with van der Waals surface area (Å²) in [5, 5.41) is 9.08. The van der Waals surface area contributed by atoms with Crippen molar-refractivity contribution in [2.24, 2.45) is 0 Å². The second-order valence-electron chi connectivity index (χ2n) is 1.76. The minimum atomic E-state index is -1.56. The van der Waals surface area contributed by atoms with Gasteiger partial charge in [-0.3, -0.25) is 0 Å². The van der Waals surface area contributed by atoms with Crippen molar-refractivity contribution in [2.75, 3.05) is 5.75 Å². The average Bonchev–Trinajstić information content (AvgIpc) is 1.80. The zero-order valence-electron chi connectivity index (χ0n) is 5.48. The lowest BCUT2D eigenvalue weighted by atomic mass is 10.6. The number of aliphatic hydroxyl groups excluding tert-OH is 1. The number of hydrogen-bond donors (Lipinski definition) is 1. The third kappa shape index (κ3) is 4.91. The van der Waals surface area contributed by atoms with Gasteiger partial charge in [-0.25, -0.2) is 0 Å². The van der Waals surface area contributed by atoms with Crippen LogP contribution < -0.4 is 0 Å². The molecule has 0 aromatic rings. The summed E-state index contributed by atoms with van der Waals surface area (Å²) in [6, 6.07) is 0. The van der Waals surface area contributed by atoms with Gasteiger partial charge in [-0.1, -0.05) is 41.7 Å². The molecule has 0 aliphatic heterocycles. The van der Waals surface area contributed by atoms with Crippen molar-refractivity contribution in [2.45, 2.75) is 22.6 Å². The predicted octanol–water partition coefficient (Wildman–Crippen LogP) is 2.82. The Kier molecular flexibility index (Phi) is 5.52. The van der Waals surface area contributed by atoms with Gasteiger partial charge in [0.25, 0.3) is 0 Å². The molecular weight excluding hydrogens is 214 g/mol. The molecule has 62 valence electrons. The lowest BCUT2D eigenvalue weighted by Crippen LogP contribution is -2.21. The highest BCUT2D eigenvalue weighted by Crippen LogP contribution is 2.35. The van der Waals surface area contributed by atoms with E-state index < -0.39 is 9.23 Å². The van der Waals surface area contributed by atoms with Gasteiger partial charge in [-0.2, -0.15) is 0 Å². The minimum Gasteiger partial charge on any atom is -0.378 e. The Morgan fingerprint density at radius 3 is 2.30 bits per heavy atom. The third-order valence-electron chi connectivity index (χ3n) is 0.760. The molecular formula is C5H9Cl3OS. The van der Waals surface area contributed by atoms with Crippen LogP contribution in [0, 0.1) is 0 Å². The summed E-state index contributed by atoms with van der Waals surface area (Å²) >= 11 is 17.4. The number of alkyl halides is 3. The van der Waals surface area contributed by atoms with Gasteiger partial charge in [-0.05, 0) is 12.2 Å². The second kappa shape index (κ2) is 4.94. The Labute approximate surface area is 80.0 Å².